The van der Waals surface area contributed by atoms with Crippen molar-refractivity contribution in [2.45, 2.75) is 32.7 Å². The van der Waals surface area contributed by atoms with Crippen LogP contribution in [-0.2, 0) is 14.6 Å². The van der Waals surface area contributed by atoms with Crippen LogP contribution in [-0.4, -0.2) is 55.8 Å². The van der Waals surface area contributed by atoms with Gasteiger partial charge in [-0.1, -0.05) is 32.0 Å². The van der Waals surface area contributed by atoms with Crippen LogP contribution in [0.25, 0.3) is 0 Å². The highest BCUT2D eigenvalue weighted by Gasteiger charge is 2.27. The van der Waals surface area contributed by atoms with Gasteiger partial charge in [0.05, 0.1) is 5.75 Å². The number of piperidine rings is 1. The molecule has 0 spiro atoms. The number of hydrogen-bond donors (Lipinski definition) is 1. The van der Waals surface area contributed by atoms with E-state index in [1.807, 2.05) is 32.0 Å². The molecule has 1 heterocycles. The number of carbonyl (C=O) groups is 2. The highest BCUT2D eigenvalue weighted by atomic mass is 32.2. The summed E-state index contributed by atoms with van der Waals surface area (Å²) in [5, 5.41) is 2.97. The van der Waals surface area contributed by atoms with Crippen molar-refractivity contribution in [3.05, 3.63) is 35.9 Å². The molecule has 1 N–H and O–H groups in total. The maximum absolute atomic E-state index is 12.2. The molecule has 1 aliphatic rings. The van der Waals surface area contributed by atoms with Crippen LogP contribution in [0.4, 0.5) is 0 Å². The average Bonchev–Trinajstić information content (AvgIpc) is 2.54. The Labute approximate surface area is 149 Å². The molecule has 7 heteroatoms. The Kier molecular flexibility index (Phi) is 6.58. The minimum atomic E-state index is -3.36. The molecule has 25 heavy (non-hydrogen) atoms. The highest BCUT2D eigenvalue weighted by Crippen LogP contribution is 2.13. The van der Waals surface area contributed by atoms with E-state index in [2.05, 4.69) is 5.32 Å². The van der Waals surface area contributed by atoms with Gasteiger partial charge in [0.25, 0.3) is 5.91 Å². The van der Waals surface area contributed by atoms with Crippen molar-refractivity contribution in [1.29, 1.82) is 0 Å². The van der Waals surface area contributed by atoms with E-state index in [1.165, 1.54) is 0 Å². The van der Waals surface area contributed by atoms with Gasteiger partial charge < -0.3 is 10.2 Å². The Balaban J connectivity index is 1.81. The summed E-state index contributed by atoms with van der Waals surface area (Å²) in [4.78, 5) is 25.9. The van der Waals surface area contributed by atoms with Gasteiger partial charge in [0.2, 0.25) is 5.91 Å². The number of nitrogens with one attached hydrogen (secondary N) is 1. The standard InChI is InChI=1S/C18H26N2O4S/c1-14(2)12-25(23,24)13-17(21)20-10-8-16(9-11-20)19-18(22)15-6-4-3-5-7-15/h3-7,14,16H,8-13H2,1-2H3,(H,19,22). The molecule has 138 valence electrons. The van der Waals surface area contributed by atoms with Crippen LogP contribution in [0.15, 0.2) is 30.3 Å². The summed E-state index contributed by atoms with van der Waals surface area (Å²) in [5.74, 6) is -0.843. The van der Waals surface area contributed by atoms with E-state index >= 15 is 0 Å². The summed E-state index contributed by atoms with van der Waals surface area (Å²) < 4.78 is 23.9. The van der Waals surface area contributed by atoms with Gasteiger partial charge in [0, 0.05) is 24.7 Å². The fourth-order valence-electron chi connectivity index (χ4n) is 2.98. The van der Waals surface area contributed by atoms with Crippen molar-refractivity contribution >= 4 is 21.7 Å². The molecular formula is C18H26N2O4S. The molecule has 0 aromatic heterocycles. The monoisotopic (exact) mass is 366 g/mol. The number of amides is 2. The second-order valence-corrected chi connectivity index (χ2v) is 9.05. The van der Waals surface area contributed by atoms with Crippen molar-refractivity contribution in [1.82, 2.24) is 10.2 Å². The van der Waals surface area contributed by atoms with E-state index in [1.54, 1.807) is 17.0 Å². The van der Waals surface area contributed by atoms with Crippen LogP contribution in [0, 0.1) is 5.92 Å². The van der Waals surface area contributed by atoms with Crippen LogP contribution in [0.1, 0.15) is 37.0 Å². The van der Waals surface area contributed by atoms with E-state index in [0.717, 1.165) is 0 Å². The molecule has 1 aromatic carbocycles. The first-order chi connectivity index (χ1) is 11.8. The molecule has 1 fully saturated rings. The largest absolute Gasteiger partial charge is 0.349 e. The molecule has 0 atom stereocenters. The Hall–Kier alpha value is -1.89. The average molecular weight is 366 g/mol. The van der Waals surface area contributed by atoms with Crippen molar-refractivity contribution in [2.75, 3.05) is 24.6 Å². The van der Waals surface area contributed by atoms with Crippen LogP contribution in [0.5, 0.6) is 0 Å². The highest BCUT2D eigenvalue weighted by molar-refractivity contribution is 7.92. The molecule has 0 bridgehead atoms. The van der Waals surface area contributed by atoms with Gasteiger partial charge in [-0.15, -0.1) is 0 Å². The predicted octanol–water partition coefficient (Wildman–Crippen LogP) is 1.48. The molecule has 0 radical (unpaired) electrons. The summed E-state index contributed by atoms with van der Waals surface area (Å²) in [7, 11) is -3.36. The minimum absolute atomic E-state index is 0.00373. The van der Waals surface area contributed by atoms with E-state index < -0.39 is 15.6 Å². The van der Waals surface area contributed by atoms with Gasteiger partial charge in [0.15, 0.2) is 9.84 Å². The molecule has 0 aliphatic carbocycles. The third kappa shape index (κ3) is 6.16. The summed E-state index contributed by atoms with van der Waals surface area (Å²) >= 11 is 0. The van der Waals surface area contributed by atoms with E-state index in [4.69, 9.17) is 0 Å². The lowest BCUT2D eigenvalue weighted by Crippen LogP contribution is -2.48. The predicted molar refractivity (Wildman–Crippen MR) is 97.0 cm³/mol. The summed E-state index contributed by atoms with van der Waals surface area (Å²) in [6.07, 6.45) is 1.27. The number of rotatable bonds is 6. The quantitative estimate of drug-likeness (QED) is 0.826. The van der Waals surface area contributed by atoms with Gasteiger partial charge in [-0.05, 0) is 30.9 Å². The van der Waals surface area contributed by atoms with Gasteiger partial charge in [-0.3, -0.25) is 9.59 Å². The zero-order valence-corrected chi connectivity index (χ0v) is 15.6. The first-order valence-corrected chi connectivity index (χ1v) is 10.4. The Morgan fingerprint density at radius 3 is 2.32 bits per heavy atom. The van der Waals surface area contributed by atoms with Crippen molar-refractivity contribution in [2.24, 2.45) is 5.92 Å². The lowest BCUT2D eigenvalue weighted by Gasteiger charge is -2.32. The number of hydrogen-bond acceptors (Lipinski definition) is 4. The van der Waals surface area contributed by atoms with Crippen molar-refractivity contribution in [3.8, 4) is 0 Å². The molecule has 2 rings (SSSR count). The maximum atomic E-state index is 12.2. The summed E-state index contributed by atoms with van der Waals surface area (Å²) in [6.45, 7) is 4.58. The van der Waals surface area contributed by atoms with Gasteiger partial charge >= 0.3 is 0 Å². The fourth-order valence-corrected chi connectivity index (χ4v) is 4.67. The summed E-state index contributed by atoms with van der Waals surface area (Å²) in [6, 6.07) is 9.00. The lowest BCUT2D eigenvalue weighted by atomic mass is 10.0. The van der Waals surface area contributed by atoms with Crippen molar-refractivity contribution in [3.63, 3.8) is 0 Å². The fraction of sp³-hybridized carbons (Fsp3) is 0.556. The molecule has 2 amide bonds. The molecule has 0 saturated carbocycles. The van der Waals surface area contributed by atoms with Crippen LogP contribution in [0.2, 0.25) is 0 Å². The Bertz CT molecular complexity index is 693. The SMILES string of the molecule is CC(C)CS(=O)(=O)CC(=O)N1CCC(NC(=O)c2ccccc2)CC1. The first-order valence-electron chi connectivity index (χ1n) is 8.61. The van der Waals surface area contributed by atoms with Crippen molar-refractivity contribution < 1.29 is 18.0 Å². The number of benzene rings is 1. The maximum Gasteiger partial charge on any atom is 0.251 e. The van der Waals surface area contributed by atoms with Crippen LogP contribution in [0.3, 0.4) is 0 Å². The third-order valence-electron chi connectivity index (χ3n) is 4.15. The van der Waals surface area contributed by atoms with E-state index in [-0.39, 0.29) is 29.5 Å². The number of likely N-dealkylation sites (tertiary alicyclic amines) is 1. The van der Waals surface area contributed by atoms with E-state index in [0.29, 0.717) is 31.5 Å². The molecule has 1 aromatic rings. The first kappa shape index (κ1) is 19.4. The third-order valence-corrected chi connectivity index (χ3v) is 6.01. The second kappa shape index (κ2) is 8.47. The van der Waals surface area contributed by atoms with Gasteiger partial charge in [-0.25, -0.2) is 8.42 Å². The van der Waals surface area contributed by atoms with Gasteiger partial charge in [-0.2, -0.15) is 0 Å². The molecular weight excluding hydrogens is 340 g/mol. The van der Waals surface area contributed by atoms with E-state index in [9.17, 15) is 18.0 Å². The Morgan fingerprint density at radius 2 is 1.76 bits per heavy atom. The van der Waals surface area contributed by atoms with Crippen LogP contribution < -0.4 is 5.32 Å². The number of nitrogens with zero attached hydrogens (tertiary/aromatic N) is 1. The normalized spacial score (nSPS) is 16.0. The molecule has 6 nitrogen and oxygen atoms in total. The lowest BCUT2D eigenvalue weighted by molar-refractivity contribution is -0.129. The number of carbonyl (C=O) groups excluding carboxylic acids is 2. The molecule has 1 saturated heterocycles. The van der Waals surface area contributed by atoms with Crippen LogP contribution >= 0.6 is 0 Å². The zero-order chi connectivity index (χ0) is 18.4. The minimum Gasteiger partial charge on any atom is -0.349 e. The zero-order valence-electron chi connectivity index (χ0n) is 14.8. The molecule has 0 unspecified atom stereocenters. The second-order valence-electron chi connectivity index (χ2n) is 6.94. The topological polar surface area (TPSA) is 83.6 Å². The number of sulfone groups is 1. The summed E-state index contributed by atoms with van der Waals surface area (Å²) in [5.41, 5.74) is 0.612. The molecule has 1 aliphatic heterocycles. The smallest absolute Gasteiger partial charge is 0.251 e. The Morgan fingerprint density at radius 1 is 1.16 bits per heavy atom. The van der Waals surface area contributed by atoms with Gasteiger partial charge in [0.1, 0.15) is 5.75 Å².